The number of carbonyl (C=O) groups is 9. The first-order valence-corrected chi connectivity index (χ1v) is 18.5. The van der Waals surface area contributed by atoms with Crippen LogP contribution in [0, 0.1) is 0 Å². The van der Waals surface area contributed by atoms with E-state index in [0.29, 0.717) is 5.56 Å². The fourth-order valence-electron chi connectivity index (χ4n) is 6.04. The van der Waals surface area contributed by atoms with Gasteiger partial charge in [0.25, 0.3) is 0 Å². The van der Waals surface area contributed by atoms with Gasteiger partial charge in [-0.1, -0.05) is 30.3 Å². The zero-order chi connectivity index (χ0) is 45.4. The number of hydrogen-bond acceptors (Lipinski definition) is 22. The molecule has 338 valence electrons. The predicted molar refractivity (Wildman–Crippen MR) is 195 cm³/mol. The first-order chi connectivity index (χ1) is 28.8. The Labute approximate surface area is 349 Å². The van der Waals surface area contributed by atoms with E-state index in [1.807, 2.05) is 0 Å². The molecule has 1 N–H and O–H groups in total. The van der Waals surface area contributed by atoms with E-state index < -0.39 is 141 Å². The molecule has 2 saturated heterocycles. The van der Waals surface area contributed by atoms with Gasteiger partial charge in [-0.3, -0.25) is 33.6 Å². The number of esters is 8. The number of rotatable bonds is 18. The topological polar surface area (TPSA) is 286 Å². The molecule has 23 nitrogen and oxygen atoms in total. The highest BCUT2D eigenvalue weighted by molar-refractivity contribution is 5.81. The third-order valence-electron chi connectivity index (χ3n) is 8.29. The van der Waals surface area contributed by atoms with Crippen molar-refractivity contribution in [1.29, 1.82) is 0 Å². The summed E-state index contributed by atoms with van der Waals surface area (Å²) in [5.74, 6) is -7.33. The minimum absolute atomic E-state index is 0.162. The second kappa shape index (κ2) is 23.8. The van der Waals surface area contributed by atoms with Crippen molar-refractivity contribution in [3.05, 3.63) is 35.9 Å². The molecule has 3 rings (SSSR count). The SMILES string of the molecule is COC(=O)[C@H](CO[C@H]1O[C@H](COC2OC(COC(C)=O)C(OC(C)=O)C(OC(C)=O)C2OC(C)=O)[C@H](OC(C)=O)[C@@H](OC(C)=O)[C@H]1OC(C)=O)NC(=O)OCc1ccccc1. The molecule has 0 radical (unpaired) electrons. The molecule has 0 bridgehead atoms. The van der Waals surface area contributed by atoms with Crippen LogP contribution in [0.15, 0.2) is 30.3 Å². The van der Waals surface area contributed by atoms with Gasteiger partial charge in [0.15, 0.2) is 55.2 Å². The molecule has 0 aliphatic carbocycles. The molecule has 23 heteroatoms. The van der Waals surface area contributed by atoms with Crippen LogP contribution in [0.5, 0.6) is 0 Å². The number of benzene rings is 1. The van der Waals surface area contributed by atoms with E-state index in [1.165, 1.54) is 0 Å². The van der Waals surface area contributed by atoms with E-state index in [0.717, 1.165) is 55.6 Å². The van der Waals surface area contributed by atoms with E-state index >= 15 is 0 Å². The van der Waals surface area contributed by atoms with Gasteiger partial charge in [-0.2, -0.15) is 0 Å². The summed E-state index contributed by atoms with van der Waals surface area (Å²) in [6.07, 6.45) is -17.5. The number of methoxy groups -OCH3 is 1. The Morgan fingerprint density at radius 1 is 0.541 bits per heavy atom. The molecule has 0 aromatic heterocycles. The van der Waals surface area contributed by atoms with E-state index in [-0.39, 0.29) is 6.61 Å². The zero-order valence-electron chi connectivity index (χ0n) is 34.5. The molecule has 2 fully saturated rings. The van der Waals surface area contributed by atoms with Crippen LogP contribution in [-0.2, 0) is 107 Å². The Hall–Kier alpha value is -5.91. The monoisotopic (exact) mass is 871 g/mol. The lowest BCUT2D eigenvalue weighted by atomic mass is 9.97. The molecule has 1 amide bonds. The highest BCUT2D eigenvalue weighted by Crippen LogP contribution is 2.33. The van der Waals surface area contributed by atoms with Crippen molar-refractivity contribution in [3.63, 3.8) is 0 Å². The van der Waals surface area contributed by atoms with Gasteiger partial charge >= 0.3 is 53.8 Å². The van der Waals surface area contributed by atoms with Crippen LogP contribution in [0.3, 0.4) is 0 Å². The van der Waals surface area contributed by atoms with Crippen LogP contribution in [0.1, 0.15) is 54.0 Å². The van der Waals surface area contributed by atoms with Crippen molar-refractivity contribution < 1.29 is 105 Å². The molecule has 2 aliphatic heterocycles. The second-order valence-electron chi connectivity index (χ2n) is 13.3. The van der Waals surface area contributed by atoms with Crippen molar-refractivity contribution in [2.24, 2.45) is 0 Å². The van der Waals surface area contributed by atoms with Crippen LogP contribution >= 0.6 is 0 Å². The van der Waals surface area contributed by atoms with Gasteiger partial charge < -0.3 is 66.9 Å². The lowest BCUT2D eigenvalue weighted by Crippen LogP contribution is -2.65. The lowest BCUT2D eigenvalue weighted by Gasteiger charge is -2.46. The van der Waals surface area contributed by atoms with Gasteiger partial charge in [-0.25, -0.2) is 9.59 Å². The van der Waals surface area contributed by atoms with Gasteiger partial charge in [0.2, 0.25) is 0 Å². The Kier molecular flexibility index (Phi) is 19.3. The lowest BCUT2D eigenvalue weighted by molar-refractivity contribution is -0.335. The Morgan fingerprint density at radius 2 is 0.967 bits per heavy atom. The van der Waals surface area contributed by atoms with E-state index in [1.54, 1.807) is 30.3 Å². The Balaban J connectivity index is 2.01. The average Bonchev–Trinajstić information content (AvgIpc) is 3.17. The van der Waals surface area contributed by atoms with Gasteiger partial charge in [0.1, 0.15) is 25.4 Å². The molecule has 1 aromatic carbocycles. The van der Waals surface area contributed by atoms with E-state index in [4.69, 9.17) is 61.6 Å². The van der Waals surface area contributed by atoms with Gasteiger partial charge in [0, 0.05) is 48.5 Å². The largest absolute Gasteiger partial charge is 0.467 e. The van der Waals surface area contributed by atoms with Crippen LogP contribution in [0.4, 0.5) is 4.79 Å². The van der Waals surface area contributed by atoms with Crippen molar-refractivity contribution in [2.45, 2.75) is 123 Å². The van der Waals surface area contributed by atoms with Crippen molar-refractivity contribution in [1.82, 2.24) is 5.32 Å². The van der Waals surface area contributed by atoms with Crippen LogP contribution in [-0.4, -0.2) is 148 Å². The smallest absolute Gasteiger partial charge is 0.408 e. The molecular weight excluding hydrogens is 822 g/mol. The molecule has 2 heterocycles. The maximum atomic E-state index is 12.8. The van der Waals surface area contributed by atoms with Gasteiger partial charge in [-0.05, 0) is 5.56 Å². The quantitative estimate of drug-likeness (QED) is 0.151. The van der Waals surface area contributed by atoms with Crippen LogP contribution < -0.4 is 5.32 Å². The predicted octanol–water partition coefficient (Wildman–Crippen LogP) is 0.0907. The summed E-state index contributed by atoms with van der Waals surface area (Å²) in [7, 11) is 1.03. The summed E-state index contributed by atoms with van der Waals surface area (Å²) < 4.78 is 71.7. The number of alkyl carbamates (subject to hydrolysis) is 1. The molecule has 11 atom stereocenters. The second-order valence-corrected chi connectivity index (χ2v) is 13.3. The first-order valence-electron chi connectivity index (χ1n) is 18.5. The zero-order valence-corrected chi connectivity index (χ0v) is 34.5. The average molecular weight is 872 g/mol. The van der Waals surface area contributed by atoms with Gasteiger partial charge in [0.05, 0.1) is 20.3 Å². The summed E-state index contributed by atoms with van der Waals surface area (Å²) >= 11 is 0. The van der Waals surface area contributed by atoms with Crippen LogP contribution in [0.2, 0.25) is 0 Å². The molecule has 61 heavy (non-hydrogen) atoms. The molecule has 5 unspecified atom stereocenters. The number of ether oxygens (including phenoxy) is 13. The summed E-state index contributed by atoms with van der Waals surface area (Å²) in [5.41, 5.74) is 0.638. The molecule has 1 aromatic rings. The third-order valence-corrected chi connectivity index (χ3v) is 8.29. The van der Waals surface area contributed by atoms with E-state index in [2.05, 4.69) is 5.32 Å². The molecular formula is C38H49NO22. The highest BCUT2D eigenvalue weighted by Gasteiger charge is 2.56. The van der Waals surface area contributed by atoms with Crippen molar-refractivity contribution in [3.8, 4) is 0 Å². The number of nitrogens with one attached hydrogen (secondary N) is 1. The standard InChI is InChI=1S/C38H49NO22/c1-18(40)50-16-27-29(54-19(2)41)31(56-21(4)43)34(59-24(7)46)37(60-27)52-17-28-30(55-20(3)42)32(57-22(5)44)33(58-23(6)45)36(61-28)51-15-26(35(47)49-8)39-38(48)53-14-25-12-10-9-11-13-25/h9-13,26-34,36-37H,14-17H2,1-8H3,(H,39,48)/t26-,27?,28+,29?,30-,31?,32+,33+,34?,36-,37?/m0/s1. The van der Waals surface area contributed by atoms with Crippen molar-refractivity contribution >= 4 is 53.8 Å². The summed E-state index contributed by atoms with van der Waals surface area (Å²) in [4.78, 5) is 111. The maximum absolute atomic E-state index is 12.8. The summed E-state index contributed by atoms with van der Waals surface area (Å²) in [6.45, 7) is 4.92. The number of carbonyl (C=O) groups excluding carboxylic acids is 9. The maximum Gasteiger partial charge on any atom is 0.408 e. The number of amides is 1. The highest BCUT2D eigenvalue weighted by atomic mass is 16.8. The van der Waals surface area contributed by atoms with E-state index in [9.17, 15) is 43.2 Å². The normalized spacial score (nSPS) is 26.2. The Bertz CT molecular complexity index is 1720. The minimum atomic E-state index is -1.79. The minimum Gasteiger partial charge on any atom is -0.467 e. The van der Waals surface area contributed by atoms with Gasteiger partial charge in [-0.15, -0.1) is 0 Å². The fraction of sp³-hybridized carbons (Fsp3) is 0.605. The van der Waals surface area contributed by atoms with Crippen molar-refractivity contribution in [2.75, 3.05) is 26.9 Å². The third kappa shape index (κ3) is 15.9. The van der Waals surface area contributed by atoms with Crippen LogP contribution in [0.25, 0.3) is 0 Å². The number of hydrogen-bond donors (Lipinski definition) is 1. The Morgan fingerprint density at radius 3 is 1.41 bits per heavy atom. The molecule has 0 spiro atoms. The summed E-state index contributed by atoms with van der Waals surface area (Å²) in [5, 5.41) is 2.31. The summed E-state index contributed by atoms with van der Waals surface area (Å²) in [6, 6.07) is 7.04. The fourth-order valence-corrected chi connectivity index (χ4v) is 6.04. The first kappa shape index (κ1) is 49.5. The molecule has 0 saturated carbocycles. The molecule has 2 aliphatic rings.